The molecule has 0 aromatic heterocycles. The van der Waals surface area contributed by atoms with Gasteiger partial charge in [0.15, 0.2) is 6.04 Å². The van der Waals surface area contributed by atoms with Gasteiger partial charge in [0.05, 0.1) is 0 Å². The van der Waals surface area contributed by atoms with Crippen LogP contribution in [0.2, 0.25) is 0 Å². The monoisotopic (exact) mass is 275 g/mol. The van der Waals surface area contributed by atoms with Crippen molar-refractivity contribution in [2.24, 2.45) is 11.3 Å². The molecule has 4 nitrogen and oxygen atoms in total. The summed E-state index contributed by atoms with van der Waals surface area (Å²) in [5.74, 6) is -1.28. The Morgan fingerprint density at radius 1 is 1.30 bits per heavy atom. The third-order valence-electron chi connectivity index (χ3n) is 4.24. The predicted octanol–water partition coefficient (Wildman–Crippen LogP) is 2.75. The van der Waals surface area contributed by atoms with Crippen LogP contribution in [0.15, 0.2) is 30.3 Å². The van der Waals surface area contributed by atoms with Crippen LogP contribution < -0.4 is 5.32 Å². The lowest BCUT2D eigenvalue weighted by molar-refractivity contribution is -0.143. The summed E-state index contributed by atoms with van der Waals surface area (Å²) in [4.78, 5) is 23.8. The van der Waals surface area contributed by atoms with E-state index in [0.29, 0.717) is 5.56 Å². The largest absolute Gasteiger partial charge is 0.479 e. The number of carboxylic acids is 1. The summed E-state index contributed by atoms with van der Waals surface area (Å²) in [5, 5.41) is 12.0. The first-order valence-electron chi connectivity index (χ1n) is 7.00. The minimum Gasteiger partial charge on any atom is -0.479 e. The van der Waals surface area contributed by atoms with E-state index in [1.54, 1.807) is 24.3 Å². The van der Waals surface area contributed by atoms with Gasteiger partial charge in [-0.05, 0) is 23.8 Å². The second kappa shape index (κ2) is 5.65. The van der Waals surface area contributed by atoms with Gasteiger partial charge >= 0.3 is 5.97 Å². The molecule has 2 atom stereocenters. The minimum absolute atomic E-state index is 0.0518. The Morgan fingerprint density at radius 3 is 2.45 bits per heavy atom. The highest BCUT2D eigenvalue weighted by molar-refractivity contribution is 5.86. The smallest absolute Gasteiger partial charge is 0.330 e. The summed E-state index contributed by atoms with van der Waals surface area (Å²) in [6.07, 6.45) is 2.86. The van der Waals surface area contributed by atoms with Crippen LogP contribution >= 0.6 is 0 Å². The molecule has 2 unspecified atom stereocenters. The van der Waals surface area contributed by atoms with Crippen LogP contribution in [0.3, 0.4) is 0 Å². The number of aliphatic carboxylic acids is 1. The average molecular weight is 275 g/mol. The fraction of sp³-hybridized carbons (Fsp3) is 0.500. The first-order valence-corrected chi connectivity index (χ1v) is 7.00. The highest BCUT2D eigenvalue weighted by atomic mass is 16.4. The molecule has 0 heterocycles. The predicted molar refractivity (Wildman–Crippen MR) is 76.1 cm³/mol. The van der Waals surface area contributed by atoms with Crippen molar-refractivity contribution in [2.75, 3.05) is 0 Å². The van der Waals surface area contributed by atoms with Gasteiger partial charge in [-0.3, -0.25) is 4.79 Å². The summed E-state index contributed by atoms with van der Waals surface area (Å²) in [5.41, 5.74) is 0.549. The summed E-state index contributed by atoms with van der Waals surface area (Å²) < 4.78 is 0. The van der Waals surface area contributed by atoms with Crippen molar-refractivity contribution in [3.05, 3.63) is 35.9 Å². The summed E-state index contributed by atoms with van der Waals surface area (Å²) >= 11 is 0. The quantitative estimate of drug-likeness (QED) is 0.888. The van der Waals surface area contributed by atoms with Gasteiger partial charge in [0.25, 0.3) is 0 Å². The molecule has 2 rings (SSSR count). The molecule has 0 radical (unpaired) electrons. The van der Waals surface area contributed by atoms with E-state index in [0.717, 1.165) is 19.3 Å². The lowest BCUT2D eigenvalue weighted by atomic mass is 9.81. The van der Waals surface area contributed by atoms with Crippen molar-refractivity contribution in [1.29, 1.82) is 0 Å². The Balaban J connectivity index is 2.13. The number of rotatable bonds is 4. The van der Waals surface area contributed by atoms with E-state index in [2.05, 4.69) is 19.2 Å². The molecule has 1 saturated carbocycles. The number of benzene rings is 1. The molecule has 0 spiro atoms. The lowest BCUT2D eigenvalue weighted by Crippen LogP contribution is -2.40. The maximum absolute atomic E-state index is 12.4. The molecular weight excluding hydrogens is 254 g/mol. The van der Waals surface area contributed by atoms with Crippen LogP contribution in [0.1, 0.15) is 44.7 Å². The van der Waals surface area contributed by atoms with Crippen LogP contribution in [0.25, 0.3) is 0 Å². The number of nitrogens with one attached hydrogen (secondary N) is 1. The molecule has 108 valence electrons. The molecule has 0 saturated heterocycles. The van der Waals surface area contributed by atoms with Crippen molar-refractivity contribution in [2.45, 2.75) is 39.2 Å². The van der Waals surface area contributed by atoms with Crippen molar-refractivity contribution in [1.82, 2.24) is 5.32 Å². The summed E-state index contributed by atoms with van der Waals surface area (Å²) in [6.45, 7) is 4.14. The molecule has 1 aliphatic rings. The van der Waals surface area contributed by atoms with Crippen LogP contribution in [-0.4, -0.2) is 17.0 Å². The van der Waals surface area contributed by atoms with Gasteiger partial charge in [0.1, 0.15) is 0 Å². The highest BCUT2D eigenvalue weighted by Crippen LogP contribution is 2.42. The van der Waals surface area contributed by atoms with E-state index in [-0.39, 0.29) is 17.2 Å². The van der Waals surface area contributed by atoms with Crippen LogP contribution in [0.4, 0.5) is 0 Å². The van der Waals surface area contributed by atoms with E-state index < -0.39 is 12.0 Å². The van der Waals surface area contributed by atoms with E-state index in [1.165, 1.54) is 0 Å². The lowest BCUT2D eigenvalue weighted by Gasteiger charge is -2.27. The van der Waals surface area contributed by atoms with Crippen molar-refractivity contribution in [3.8, 4) is 0 Å². The third-order valence-corrected chi connectivity index (χ3v) is 4.24. The molecule has 2 N–H and O–H groups in total. The average Bonchev–Trinajstić information content (AvgIpc) is 2.76. The topological polar surface area (TPSA) is 66.4 Å². The van der Waals surface area contributed by atoms with E-state index in [4.69, 9.17) is 0 Å². The zero-order valence-electron chi connectivity index (χ0n) is 11.9. The SMILES string of the molecule is CC1(C)CCCC1C(=O)NC(C(=O)O)c1ccccc1. The van der Waals surface area contributed by atoms with Crippen molar-refractivity contribution >= 4 is 11.9 Å². The standard InChI is InChI=1S/C16H21NO3/c1-16(2)10-6-9-12(16)14(18)17-13(15(19)20)11-7-4-3-5-8-11/h3-5,7-8,12-13H,6,9-10H2,1-2H3,(H,17,18)(H,19,20). The number of amides is 1. The van der Waals surface area contributed by atoms with Crippen LogP contribution in [-0.2, 0) is 9.59 Å². The Morgan fingerprint density at radius 2 is 1.95 bits per heavy atom. The molecule has 1 amide bonds. The second-order valence-electron chi connectivity index (χ2n) is 6.12. The van der Waals surface area contributed by atoms with E-state index in [9.17, 15) is 14.7 Å². The zero-order chi connectivity index (χ0) is 14.8. The van der Waals surface area contributed by atoms with E-state index in [1.807, 2.05) is 6.07 Å². The number of carbonyl (C=O) groups is 2. The van der Waals surface area contributed by atoms with Crippen LogP contribution in [0.5, 0.6) is 0 Å². The normalized spacial score (nSPS) is 22.2. The van der Waals surface area contributed by atoms with Crippen molar-refractivity contribution < 1.29 is 14.7 Å². The molecule has 1 aromatic carbocycles. The Hall–Kier alpha value is -1.84. The first-order chi connectivity index (χ1) is 9.42. The summed E-state index contributed by atoms with van der Waals surface area (Å²) in [7, 11) is 0. The highest BCUT2D eigenvalue weighted by Gasteiger charge is 2.40. The molecule has 1 aromatic rings. The van der Waals surface area contributed by atoms with Gasteiger partial charge in [0, 0.05) is 5.92 Å². The van der Waals surface area contributed by atoms with Gasteiger partial charge in [-0.2, -0.15) is 0 Å². The number of hydrogen-bond donors (Lipinski definition) is 2. The third kappa shape index (κ3) is 3.00. The van der Waals surface area contributed by atoms with Crippen LogP contribution in [0, 0.1) is 11.3 Å². The van der Waals surface area contributed by atoms with Gasteiger partial charge in [-0.1, -0.05) is 50.6 Å². The Bertz CT molecular complexity index is 496. The molecule has 1 fully saturated rings. The molecular formula is C16H21NO3. The fourth-order valence-electron chi connectivity index (χ4n) is 2.99. The van der Waals surface area contributed by atoms with Gasteiger partial charge in [-0.15, -0.1) is 0 Å². The van der Waals surface area contributed by atoms with Crippen molar-refractivity contribution in [3.63, 3.8) is 0 Å². The Labute approximate surface area is 119 Å². The van der Waals surface area contributed by atoms with Gasteiger partial charge < -0.3 is 10.4 Å². The van der Waals surface area contributed by atoms with Gasteiger partial charge in [-0.25, -0.2) is 4.79 Å². The molecule has 1 aliphatic carbocycles. The maximum Gasteiger partial charge on any atom is 0.330 e. The maximum atomic E-state index is 12.4. The summed E-state index contributed by atoms with van der Waals surface area (Å²) in [6, 6.07) is 7.84. The molecule has 0 aliphatic heterocycles. The van der Waals surface area contributed by atoms with E-state index >= 15 is 0 Å². The molecule has 4 heteroatoms. The Kier molecular flexibility index (Phi) is 4.12. The van der Waals surface area contributed by atoms with Gasteiger partial charge in [0.2, 0.25) is 5.91 Å². The molecule has 20 heavy (non-hydrogen) atoms. The fourth-order valence-corrected chi connectivity index (χ4v) is 2.99. The molecule has 0 bridgehead atoms. The second-order valence-corrected chi connectivity index (χ2v) is 6.12. The number of carbonyl (C=O) groups excluding carboxylic acids is 1. The first kappa shape index (κ1) is 14.6. The minimum atomic E-state index is -1.03. The zero-order valence-corrected chi connectivity index (χ0v) is 11.9. The number of carboxylic acid groups (broad SMARTS) is 1. The number of hydrogen-bond acceptors (Lipinski definition) is 2.